The SMILES string of the molecule is NCCc1nc(-c2ccccc2Cl)sc1Br. The van der Waals surface area contributed by atoms with Gasteiger partial charge < -0.3 is 5.73 Å². The van der Waals surface area contributed by atoms with Crippen LogP contribution in [0.4, 0.5) is 0 Å². The average Bonchev–Trinajstić information content (AvgIpc) is 2.61. The van der Waals surface area contributed by atoms with E-state index in [-0.39, 0.29) is 0 Å². The minimum absolute atomic E-state index is 0.601. The number of nitrogens with zero attached hydrogens (tertiary/aromatic N) is 1. The first-order valence-electron chi connectivity index (χ1n) is 4.82. The van der Waals surface area contributed by atoms with E-state index in [1.54, 1.807) is 11.3 Å². The monoisotopic (exact) mass is 316 g/mol. The van der Waals surface area contributed by atoms with Crippen LogP contribution >= 0.6 is 38.9 Å². The maximum Gasteiger partial charge on any atom is 0.126 e. The van der Waals surface area contributed by atoms with E-state index >= 15 is 0 Å². The molecule has 0 spiro atoms. The summed E-state index contributed by atoms with van der Waals surface area (Å²) >= 11 is 11.2. The number of nitrogens with two attached hydrogens (primary N) is 1. The van der Waals surface area contributed by atoms with Gasteiger partial charge in [0.15, 0.2) is 0 Å². The van der Waals surface area contributed by atoms with Crippen LogP contribution in [0.25, 0.3) is 10.6 Å². The fourth-order valence-electron chi connectivity index (χ4n) is 1.37. The maximum absolute atomic E-state index is 6.12. The largest absolute Gasteiger partial charge is 0.330 e. The predicted molar refractivity (Wildman–Crippen MR) is 73.0 cm³/mol. The minimum atomic E-state index is 0.601. The van der Waals surface area contributed by atoms with Crippen LogP contribution in [0.15, 0.2) is 28.1 Å². The summed E-state index contributed by atoms with van der Waals surface area (Å²) in [4.78, 5) is 4.54. The Morgan fingerprint density at radius 2 is 2.12 bits per heavy atom. The van der Waals surface area contributed by atoms with E-state index in [0.29, 0.717) is 6.54 Å². The van der Waals surface area contributed by atoms with Gasteiger partial charge in [-0.25, -0.2) is 4.98 Å². The highest BCUT2D eigenvalue weighted by molar-refractivity contribution is 9.11. The number of benzene rings is 1. The zero-order chi connectivity index (χ0) is 11.5. The lowest BCUT2D eigenvalue weighted by Crippen LogP contribution is -2.03. The summed E-state index contributed by atoms with van der Waals surface area (Å²) in [7, 11) is 0. The lowest BCUT2D eigenvalue weighted by atomic mass is 10.2. The Hall–Kier alpha value is -0.420. The molecule has 0 aliphatic rings. The van der Waals surface area contributed by atoms with Gasteiger partial charge in [-0.1, -0.05) is 29.8 Å². The van der Waals surface area contributed by atoms with E-state index in [1.165, 1.54) is 0 Å². The summed E-state index contributed by atoms with van der Waals surface area (Å²) < 4.78 is 1.04. The molecule has 1 aromatic carbocycles. The second-order valence-electron chi connectivity index (χ2n) is 3.26. The van der Waals surface area contributed by atoms with E-state index in [4.69, 9.17) is 17.3 Å². The molecule has 2 nitrogen and oxygen atoms in total. The first-order chi connectivity index (χ1) is 7.72. The first kappa shape index (κ1) is 12.0. The third-order valence-corrected chi connectivity index (χ3v) is 4.33. The number of rotatable bonds is 3. The molecule has 2 aromatic rings. The van der Waals surface area contributed by atoms with Gasteiger partial charge in [-0.15, -0.1) is 11.3 Å². The second-order valence-corrected chi connectivity index (χ2v) is 5.98. The van der Waals surface area contributed by atoms with Crippen molar-refractivity contribution in [3.8, 4) is 10.6 Å². The van der Waals surface area contributed by atoms with Crippen molar-refractivity contribution in [2.45, 2.75) is 6.42 Å². The van der Waals surface area contributed by atoms with E-state index in [9.17, 15) is 0 Å². The molecular weight excluding hydrogens is 308 g/mol. The fourth-order valence-corrected chi connectivity index (χ4v) is 3.28. The molecule has 0 unspecified atom stereocenters. The third-order valence-electron chi connectivity index (χ3n) is 2.14. The van der Waals surface area contributed by atoms with Crippen molar-refractivity contribution in [1.29, 1.82) is 0 Å². The maximum atomic E-state index is 6.12. The van der Waals surface area contributed by atoms with Crippen molar-refractivity contribution < 1.29 is 0 Å². The lowest BCUT2D eigenvalue weighted by Gasteiger charge is -1.98. The van der Waals surface area contributed by atoms with E-state index in [2.05, 4.69) is 20.9 Å². The number of halogens is 2. The van der Waals surface area contributed by atoms with E-state index in [1.807, 2.05) is 24.3 Å². The second kappa shape index (κ2) is 5.27. The van der Waals surface area contributed by atoms with Crippen molar-refractivity contribution >= 4 is 38.9 Å². The van der Waals surface area contributed by atoms with E-state index < -0.39 is 0 Å². The van der Waals surface area contributed by atoms with Crippen LogP contribution in [-0.4, -0.2) is 11.5 Å². The Labute approximate surface area is 112 Å². The molecule has 1 aromatic heterocycles. The fraction of sp³-hybridized carbons (Fsp3) is 0.182. The van der Waals surface area contributed by atoms with Crippen LogP contribution in [0.3, 0.4) is 0 Å². The van der Waals surface area contributed by atoms with Crippen molar-refractivity contribution in [3.05, 3.63) is 38.8 Å². The molecule has 0 atom stereocenters. The van der Waals surface area contributed by atoms with Gasteiger partial charge in [0.25, 0.3) is 0 Å². The Bertz CT molecular complexity index is 498. The van der Waals surface area contributed by atoms with Crippen LogP contribution in [0.1, 0.15) is 5.69 Å². The molecule has 1 heterocycles. The summed E-state index contributed by atoms with van der Waals surface area (Å²) in [5.74, 6) is 0. The number of thiazole rings is 1. The number of hydrogen-bond donors (Lipinski definition) is 1. The van der Waals surface area contributed by atoms with Gasteiger partial charge in [0.1, 0.15) is 5.01 Å². The molecule has 0 fully saturated rings. The van der Waals surface area contributed by atoms with Gasteiger partial charge in [0.2, 0.25) is 0 Å². The van der Waals surface area contributed by atoms with Gasteiger partial charge in [-0.05, 0) is 28.5 Å². The molecule has 84 valence electrons. The molecule has 0 radical (unpaired) electrons. The zero-order valence-electron chi connectivity index (χ0n) is 8.41. The van der Waals surface area contributed by atoms with Crippen LogP contribution in [0.2, 0.25) is 5.02 Å². The third kappa shape index (κ3) is 2.46. The van der Waals surface area contributed by atoms with Crippen molar-refractivity contribution in [3.63, 3.8) is 0 Å². The molecule has 0 aliphatic carbocycles. The lowest BCUT2D eigenvalue weighted by molar-refractivity contribution is 0.931. The van der Waals surface area contributed by atoms with Crippen LogP contribution in [0.5, 0.6) is 0 Å². The Morgan fingerprint density at radius 1 is 1.38 bits per heavy atom. The average molecular weight is 318 g/mol. The van der Waals surface area contributed by atoms with Gasteiger partial charge in [-0.2, -0.15) is 0 Å². The molecule has 2 rings (SSSR count). The number of hydrogen-bond acceptors (Lipinski definition) is 3. The normalized spacial score (nSPS) is 10.7. The van der Waals surface area contributed by atoms with Crippen molar-refractivity contribution in [2.24, 2.45) is 5.73 Å². The van der Waals surface area contributed by atoms with E-state index in [0.717, 1.165) is 31.5 Å². The summed E-state index contributed by atoms with van der Waals surface area (Å²) in [6, 6.07) is 7.71. The summed E-state index contributed by atoms with van der Waals surface area (Å²) in [6.45, 7) is 0.601. The molecule has 2 N–H and O–H groups in total. The van der Waals surface area contributed by atoms with Crippen LogP contribution in [0, 0.1) is 0 Å². The Morgan fingerprint density at radius 3 is 2.81 bits per heavy atom. The summed E-state index contributed by atoms with van der Waals surface area (Å²) in [5, 5.41) is 1.66. The highest BCUT2D eigenvalue weighted by Crippen LogP contribution is 2.35. The number of aromatic nitrogens is 1. The molecule has 16 heavy (non-hydrogen) atoms. The van der Waals surface area contributed by atoms with Crippen molar-refractivity contribution in [1.82, 2.24) is 4.98 Å². The standard InChI is InChI=1S/C11H10BrClN2S/c12-10-9(5-6-14)15-11(16-10)7-3-1-2-4-8(7)13/h1-4H,5-6,14H2. The van der Waals surface area contributed by atoms with Gasteiger partial charge in [0, 0.05) is 12.0 Å². The summed E-state index contributed by atoms with van der Waals surface area (Å²) in [5.41, 5.74) is 7.50. The smallest absolute Gasteiger partial charge is 0.126 e. The molecule has 5 heteroatoms. The predicted octanol–water partition coefficient (Wildman–Crippen LogP) is 3.73. The Balaban J connectivity index is 2.42. The summed E-state index contributed by atoms with van der Waals surface area (Å²) in [6.07, 6.45) is 0.779. The molecule has 0 saturated heterocycles. The minimum Gasteiger partial charge on any atom is -0.330 e. The Kier molecular flexibility index (Phi) is 3.97. The molecule has 0 bridgehead atoms. The van der Waals surface area contributed by atoms with Crippen LogP contribution in [-0.2, 0) is 6.42 Å². The molecule has 0 amide bonds. The van der Waals surface area contributed by atoms with Gasteiger partial charge >= 0.3 is 0 Å². The zero-order valence-corrected chi connectivity index (χ0v) is 11.6. The highest BCUT2D eigenvalue weighted by atomic mass is 79.9. The van der Waals surface area contributed by atoms with Crippen LogP contribution < -0.4 is 5.73 Å². The molecule has 0 saturated carbocycles. The van der Waals surface area contributed by atoms with Crippen molar-refractivity contribution in [2.75, 3.05) is 6.54 Å². The van der Waals surface area contributed by atoms with Gasteiger partial charge in [0.05, 0.1) is 14.5 Å². The quantitative estimate of drug-likeness (QED) is 0.937. The molecular formula is C11H10BrClN2S. The van der Waals surface area contributed by atoms with Gasteiger partial charge in [-0.3, -0.25) is 0 Å². The highest BCUT2D eigenvalue weighted by Gasteiger charge is 2.11. The first-order valence-corrected chi connectivity index (χ1v) is 6.81. The molecule has 0 aliphatic heterocycles. The topological polar surface area (TPSA) is 38.9 Å².